The van der Waals surface area contributed by atoms with E-state index in [9.17, 15) is 24.5 Å². The lowest BCUT2D eigenvalue weighted by molar-refractivity contribution is -0.384. The molecule has 37 heavy (non-hydrogen) atoms. The van der Waals surface area contributed by atoms with E-state index < -0.39 is 22.0 Å². The van der Waals surface area contributed by atoms with Gasteiger partial charge in [0.2, 0.25) is 0 Å². The number of nitrogens with zero attached hydrogens (tertiary/aromatic N) is 2. The molecule has 188 valence electrons. The number of rotatable bonds is 9. The fourth-order valence-corrected chi connectivity index (χ4v) is 4.33. The maximum Gasteiger partial charge on any atom is 0.335 e. The summed E-state index contributed by atoms with van der Waals surface area (Å²) in [4.78, 5) is 47.9. The second-order valence-corrected chi connectivity index (χ2v) is 8.89. The Morgan fingerprint density at radius 1 is 1.03 bits per heavy atom. The van der Waals surface area contributed by atoms with Crippen LogP contribution in [0.4, 0.5) is 10.5 Å². The Morgan fingerprint density at radius 3 is 2.32 bits per heavy atom. The van der Waals surface area contributed by atoms with Gasteiger partial charge in [-0.05, 0) is 58.8 Å². The van der Waals surface area contributed by atoms with E-state index in [1.807, 2.05) is 0 Å². The van der Waals surface area contributed by atoms with Crippen molar-refractivity contribution in [3.05, 3.63) is 104 Å². The first-order valence-corrected chi connectivity index (χ1v) is 11.7. The van der Waals surface area contributed by atoms with Crippen molar-refractivity contribution in [3.63, 3.8) is 0 Å². The van der Waals surface area contributed by atoms with Crippen LogP contribution in [-0.2, 0) is 17.9 Å². The van der Waals surface area contributed by atoms with Gasteiger partial charge in [0, 0.05) is 12.1 Å². The third-order valence-electron chi connectivity index (χ3n) is 5.44. The Bertz CT molecular complexity index is 1400. The normalized spacial score (nSPS) is 14.2. The summed E-state index contributed by atoms with van der Waals surface area (Å²) in [6, 6.07) is 17.1. The molecule has 0 spiro atoms. The number of amides is 2. The average Bonchev–Trinajstić information content (AvgIpc) is 3.15. The van der Waals surface area contributed by atoms with Gasteiger partial charge in [0.25, 0.3) is 16.8 Å². The zero-order chi connectivity index (χ0) is 26.5. The van der Waals surface area contributed by atoms with Crippen molar-refractivity contribution < 1.29 is 33.9 Å². The largest absolute Gasteiger partial charge is 0.493 e. The number of benzene rings is 3. The molecule has 1 heterocycles. The van der Waals surface area contributed by atoms with Crippen LogP contribution in [0.15, 0.2) is 71.6 Å². The van der Waals surface area contributed by atoms with Crippen LogP contribution in [0.5, 0.6) is 11.5 Å². The quantitative estimate of drug-likeness (QED) is 0.232. The predicted octanol–water partition coefficient (Wildman–Crippen LogP) is 5.12. The van der Waals surface area contributed by atoms with E-state index in [2.05, 4.69) is 0 Å². The molecule has 1 aliphatic rings. The lowest BCUT2D eigenvalue weighted by Gasteiger charge is -2.12. The monoisotopic (exact) mass is 520 g/mol. The molecular weight excluding hydrogens is 500 g/mol. The number of nitro benzene ring substituents is 1. The molecule has 1 aliphatic heterocycles. The maximum atomic E-state index is 12.9. The van der Waals surface area contributed by atoms with Crippen LogP contribution in [0.2, 0.25) is 0 Å². The van der Waals surface area contributed by atoms with Crippen molar-refractivity contribution in [1.29, 1.82) is 0 Å². The zero-order valence-electron chi connectivity index (χ0n) is 19.5. The minimum atomic E-state index is -1.01. The van der Waals surface area contributed by atoms with E-state index in [1.54, 1.807) is 36.4 Å². The summed E-state index contributed by atoms with van der Waals surface area (Å²) in [6.07, 6.45) is 1.58. The summed E-state index contributed by atoms with van der Waals surface area (Å²) in [6.45, 7) is 0.195. The number of imide groups is 1. The van der Waals surface area contributed by atoms with Crippen molar-refractivity contribution in [2.24, 2.45) is 0 Å². The number of carboxylic acid groups (broad SMARTS) is 1. The molecule has 0 radical (unpaired) electrons. The maximum absolute atomic E-state index is 12.9. The van der Waals surface area contributed by atoms with Crippen molar-refractivity contribution in [3.8, 4) is 11.5 Å². The number of hydrogen-bond acceptors (Lipinski definition) is 8. The van der Waals surface area contributed by atoms with Crippen molar-refractivity contribution in [2.75, 3.05) is 7.11 Å². The van der Waals surface area contributed by atoms with Crippen molar-refractivity contribution in [1.82, 2.24) is 4.90 Å². The minimum Gasteiger partial charge on any atom is -0.493 e. The van der Waals surface area contributed by atoms with Crippen LogP contribution < -0.4 is 9.47 Å². The summed E-state index contributed by atoms with van der Waals surface area (Å²) >= 11 is 0.809. The van der Waals surface area contributed by atoms with Gasteiger partial charge in [0.05, 0.1) is 29.0 Å². The van der Waals surface area contributed by atoms with E-state index in [4.69, 9.17) is 14.6 Å². The topological polar surface area (TPSA) is 136 Å². The lowest BCUT2D eigenvalue weighted by Crippen LogP contribution is -2.27. The molecule has 0 atom stereocenters. The molecule has 1 N–H and O–H groups in total. The molecule has 3 aromatic carbocycles. The van der Waals surface area contributed by atoms with Gasteiger partial charge >= 0.3 is 5.97 Å². The summed E-state index contributed by atoms with van der Waals surface area (Å²) in [7, 11) is 1.48. The molecule has 2 amide bonds. The van der Waals surface area contributed by atoms with Gasteiger partial charge in [-0.25, -0.2) is 4.79 Å². The van der Waals surface area contributed by atoms with Crippen LogP contribution >= 0.6 is 11.8 Å². The molecule has 1 fully saturated rings. The summed E-state index contributed by atoms with van der Waals surface area (Å²) < 4.78 is 11.2. The molecule has 0 saturated carbocycles. The Labute approximate surface area is 215 Å². The van der Waals surface area contributed by atoms with Gasteiger partial charge in [-0.2, -0.15) is 0 Å². The van der Waals surface area contributed by atoms with Crippen LogP contribution in [0.25, 0.3) is 6.08 Å². The molecule has 0 bridgehead atoms. The van der Waals surface area contributed by atoms with E-state index >= 15 is 0 Å². The van der Waals surface area contributed by atoms with Crippen LogP contribution in [-0.4, -0.2) is 39.2 Å². The lowest BCUT2D eigenvalue weighted by atomic mass is 10.1. The standard InChI is InChI=1S/C26H20N2O8S/c1-35-22-12-18(6-11-21(22)36-15-17-2-7-19(8-3-17)25(30)31)13-23-24(29)27(26(32)37-23)14-16-4-9-20(10-5-16)28(33)34/h2-13H,14-15H2,1H3,(H,30,31)/b23-13-. The number of ether oxygens (including phenoxy) is 2. The summed E-state index contributed by atoms with van der Waals surface area (Å²) in [5, 5.41) is 19.4. The molecular formula is C26H20N2O8S. The van der Waals surface area contributed by atoms with Crippen molar-refractivity contribution in [2.45, 2.75) is 13.2 Å². The highest BCUT2D eigenvalue weighted by Crippen LogP contribution is 2.35. The molecule has 4 rings (SSSR count). The number of methoxy groups -OCH3 is 1. The van der Waals surface area contributed by atoms with Gasteiger partial charge < -0.3 is 14.6 Å². The fourth-order valence-electron chi connectivity index (χ4n) is 3.49. The number of nitro groups is 1. The van der Waals surface area contributed by atoms with Crippen molar-refractivity contribution >= 4 is 40.6 Å². The summed E-state index contributed by atoms with van der Waals surface area (Å²) in [5.41, 5.74) is 2.10. The molecule has 0 aliphatic carbocycles. The van der Waals surface area contributed by atoms with Gasteiger partial charge in [0.1, 0.15) is 6.61 Å². The summed E-state index contributed by atoms with van der Waals surface area (Å²) in [5.74, 6) is -0.597. The van der Waals surface area contributed by atoms with E-state index in [1.165, 1.54) is 43.5 Å². The first kappa shape index (κ1) is 25.5. The fraction of sp³-hybridized carbons (Fsp3) is 0.115. The molecule has 11 heteroatoms. The molecule has 10 nitrogen and oxygen atoms in total. The van der Waals surface area contributed by atoms with E-state index in [0.29, 0.717) is 22.6 Å². The van der Waals surface area contributed by atoms with E-state index in [-0.39, 0.29) is 29.3 Å². The smallest absolute Gasteiger partial charge is 0.335 e. The van der Waals surface area contributed by atoms with Crippen LogP contribution in [0.3, 0.4) is 0 Å². The third-order valence-corrected chi connectivity index (χ3v) is 6.35. The number of hydrogen-bond donors (Lipinski definition) is 1. The Kier molecular flexibility index (Phi) is 7.54. The Balaban J connectivity index is 1.44. The SMILES string of the molecule is COc1cc(/C=C2\SC(=O)N(Cc3ccc([N+](=O)[O-])cc3)C2=O)ccc1OCc1ccc(C(=O)O)cc1. The second-order valence-electron chi connectivity index (χ2n) is 7.89. The average molecular weight is 521 g/mol. The minimum absolute atomic E-state index is 0.00352. The zero-order valence-corrected chi connectivity index (χ0v) is 20.3. The molecule has 1 saturated heterocycles. The first-order valence-electron chi connectivity index (χ1n) is 10.9. The van der Waals surface area contributed by atoms with Crippen LogP contribution in [0.1, 0.15) is 27.0 Å². The number of non-ortho nitro benzene ring substituents is 1. The highest BCUT2D eigenvalue weighted by molar-refractivity contribution is 8.18. The predicted molar refractivity (Wildman–Crippen MR) is 135 cm³/mol. The third kappa shape index (κ3) is 5.96. The first-order chi connectivity index (χ1) is 17.7. The van der Waals surface area contributed by atoms with E-state index in [0.717, 1.165) is 22.2 Å². The Morgan fingerprint density at radius 2 is 1.70 bits per heavy atom. The number of aromatic carboxylic acids is 1. The number of carboxylic acids is 1. The Hall–Kier alpha value is -4.64. The second kappa shape index (κ2) is 11.0. The molecule has 0 unspecified atom stereocenters. The molecule has 3 aromatic rings. The van der Waals surface area contributed by atoms with Gasteiger partial charge in [0.15, 0.2) is 11.5 Å². The molecule has 0 aromatic heterocycles. The van der Waals surface area contributed by atoms with Gasteiger partial charge in [-0.15, -0.1) is 0 Å². The number of thioether (sulfide) groups is 1. The van der Waals surface area contributed by atoms with Gasteiger partial charge in [-0.3, -0.25) is 24.6 Å². The van der Waals surface area contributed by atoms with Crippen LogP contribution in [0, 0.1) is 10.1 Å². The van der Waals surface area contributed by atoms with Gasteiger partial charge in [-0.1, -0.05) is 30.3 Å². The highest BCUT2D eigenvalue weighted by atomic mass is 32.2. The number of carbonyl (C=O) groups excluding carboxylic acids is 2. The number of carbonyl (C=O) groups is 3. The highest BCUT2D eigenvalue weighted by Gasteiger charge is 2.35.